The molecule has 150 valence electrons. The highest BCUT2D eigenvalue weighted by Gasteiger charge is 2.27. The van der Waals surface area contributed by atoms with E-state index < -0.39 is 0 Å². The average Bonchev–Trinajstić information content (AvgIpc) is 2.80. The molecule has 0 aromatic carbocycles. The van der Waals surface area contributed by atoms with Gasteiger partial charge in [0.1, 0.15) is 0 Å². The van der Waals surface area contributed by atoms with Gasteiger partial charge in [-0.15, -0.1) is 0 Å². The minimum absolute atomic E-state index is 0.0992. The summed E-state index contributed by atoms with van der Waals surface area (Å²) in [4.78, 5) is 23.6. The summed E-state index contributed by atoms with van der Waals surface area (Å²) in [6.45, 7) is 1.50. The standard InChI is InChI=1S/C26H25N3O/c30-26(22-10-15-27-16-11-22)29-17-12-19(13-18-29)23-7-3-1-2-5-20-8-9-21-6-4-14-28-25(21)24(20)23/h1-4,6-7,10-11,14-16H,5,8-9,12-13,17-18H2. The van der Waals surface area contributed by atoms with E-state index in [1.165, 1.54) is 27.9 Å². The topological polar surface area (TPSA) is 46.1 Å². The molecule has 0 unspecified atom stereocenters. The van der Waals surface area contributed by atoms with Crippen molar-refractivity contribution in [2.45, 2.75) is 32.1 Å². The second-order valence-electron chi connectivity index (χ2n) is 8.03. The van der Waals surface area contributed by atoms with Crippen LogP contribution in [0.2, 0.25) is 0 Å². The molecule has 1 saturated heterocycles. The van der Waals surface area contributed by atoms with Crippen molar-refractivity contribution in [1.29, 1.82) is 0 Å². The van der Waals surface area contributed by atoms with Crippen molar-refractivity contribution < 1.29 is 4.79 Å². The Balaban J connectivity index is 1.47. The zero-order valence-electron chi connectivity index (χ0n) is 17.1. The summed E-state index contributed by atoms with van der Waals surface area (Å²) in [5, 5.41) is 0. The number of hydrogen-bond acceptors (Lipinski definition) is 3. The minimum atomic E-state index is 0.0992. The number of amides is 1. The maximum Gasteiger partial charge on any atom is 0.253 e. The second-order valence-corrected chi connectivity index (χ2v) is 8.03. The number of allylic oxidation sites excluding steroid dienone is 7. The summed E-state index contributed by atoms with van der Waals surface area (Å²) in [5.74, 6) is 0.0992. The highest BCUT2D eigenvalue weighted by Crippen LogP contribution is 2.40. The van der Waals surface area contributed by atoms with Crippen LogP contribution in [0, 0.1) is 0 Å². The largest absolute Gasteiger partial charge is 0.338 e. The predicted octanol–water partition coefficient (Wildman–Crippen LogP) is 4.93. The molecule has 4 heteroatoms. The monoisotopic (exact) mass is 395 g/mol. The molecule has 1 amide bonds. The number of piperidine rings is 1. The van der Waals surface area contributed by atoms with Crippen molar-refractivity contribution in [2.24, 2.45) is 0 Å². The van der Waals surface area contributed by atoms with E-state index in [-0.39, 0.29) is 5.91 Å². The summed E-state index contributed by atoms with van der Waals surface area (Å²) >= 11 is 0. The molecular formula is C26H25N3O. The fourth-order valence-electron chi connectivity index (χ4n) is 4.71. The third-order valence-electron chi connectivity index (χ3n) is 6.28. The molecule has 3 heterocycles. The average molecular weight is 396 g/mol. The van der Waals surface area contributed by atoms with E-state index in [1.807, 2.05) is 17.2 Å². The van der Waals surface area contributed by atoms with Gasteiger partial charge in [0.15, 0.2) is 0 Å². The van der Waals surface area contributed by atoms with Crippen LogP contribution in [0.1, 0.15) is 47.3 Å². The van der Waals surface area contributed by atoms with Crippen LogP contribution in [-0.4, -0.2) is 33.9 Å². The predicted molar refractivity (Wildman–Crippen MR) is 119 cm³/mol. The number of carbonyl (C=O) groups excluding carboxylic acids is 1. The second kappa shape index (κ2) is 8.23. The first kappa shape index (κ1) is 18.7. The van der Waals surface area contributed by atoms with E-state index in [4.69, 9.17) is 4.98 Å². The Morgan fingerprint density at radius 2 is 1.73 bits per heavy atom. The van der Waals surface area contributed by atoms with E-state index >= 15 is 0 Å². The third kappa shape index (κ3) is 3.54. The van der Waals surface area contributed by atoms with Crippen LogP contribution >= 0.6 is 0 Å². The van der Waals surface area contributed by atoms with Gasteiger partial charge in [0.2, 0.25) is 0 Å². The molecule has 0 saturated carbocycles. The maximum atomic E-state index is 12.8. The van der Waals surface area contributed by atoms with Crippen LogP contribution in [-0.2, 0) is 6.42 Å². The molecule has 3 aliphatic rings. The Kier molecular flexibility index (Phi) is 5.14. The SMILES string of the molecule is O=C(c1ccncc1)N1CCC(=C2C=CC=CCC3=C2c2ncccc2CC3)CC1. The fraction of sp³-hybridized carbons (Fsp3) is 0.269. The molecule has 0 radical (unpaired) electrons. The number of hydrogen-bond donors (Lipinski definition) is 0. The number of carbonyl (C=O) groups is 1. The summed E-state index contributed by atoms with van der Waals surface area (Å²) in [7, 11) is 0. The number of aryl methyl sites for hydroxylation is 1. The number of rotatable bonds is 1. The van der Waals surface area contributed by atoms with Crippen molar-refractivity contribution in [3.63, 3.8) is 0 Å². The van der Waals surface area contributed by atoms with Crippen LogP contribution < -0.4 is 0 Å². The number of likely N-dealkylation sites (tertiary alicyclic amines) is 1. The molecule has 1 fully saturated rings. The van der Waals surface area contributed by atoms with Crippen molar-refractivity contribution in [3.05, 3.63) is 101 Å². The summed E-state index contributed by atoms with van der Waals surface area (Å²) in [6.07, 6.45) is 19.0. The van der Waals surface area contributed by atoms with Crippen LogP contribution in [0.25, 0.3) is 5.57 Å². The number of aromatic nitrogens is 2. The molecule has 1 aliphatic heterocycles. The van der Waals surface area contributed by atoms with Gasteiger partial charge in [-0.25, -0.2) is 0 Å². The zero-order chi connectivity index (χ0) is 20.3. The quantitative estimate of drug-likeness (QED) is 0.688. The molecule has 0 spiro atoms. The van der Waals surface area contributed by atoms with Gasteiger partial charge >= 0.3 is 0 Å². The van der Waals surface area contributed by atoms with E-state index in [2.05, 4.69) is 35.4 Å². The normalized spacial score (nSPS) is 18.6. The van der Waals surface area contributed by atoms with Crippen LogP contribution in [0.3, 0.4) is 0 Å². The van der Waals surface area contributed by atoms with Gasteiger partial charge in [0.25, 0.3) is 5.91 Å². The Morgan fingerprint density at radius 1 is 0.900 bits per heavy atom. The minimum Gasteiger partial charge on any atom is -0.338 e. The van der Waals surface area contributed by atoms with Crippen LogP contribution in [0.5, 0.6) is 0 Å². The Bertz CT molecular complexity index is 1080. The molecule has 0 bridgehead atoms. The smallest absolute Gasteiger partial charge is 0.253 e. The Morgan fingerprint density at radius 3 is 2.57 bits per heavy atom. The highest BCUT2D eigenvalue weighted by molar-refractivity contribution is 5.94. The molecule has 4 nitrogen and oxygen atoms in total. The lowest BCUT2D eigenvalue weighted by Gasteiger charge is -2.31. The molecule has 30 heavy (non-hydrogen) atoms. The van der Waals surface area contributed by atoms with Gasteiger partial charge in [0.05, 0.1) is 5.69 Å². The van der Waals surface area contributed by atoms with Crippen LogP contribution in [0.15, 0.2) is 83.9 Å². The van der Waals surface area contributed by atoms with Crippen molar-refractivity contribution in [3.8, 4) is 0 Å². The number of nitrogens with zero attached hydrogens (tertiary/aromatic N) is 3. The van der Waals surface area contributed by atoms with Gasteiger partial charge in [-0.05, 0) is 61.4 Å². The Hall–Kier alpha value is -3.27. The molecule has 0 N–H and O–H groups in total. The van der Waals surface area contributed by atoms with Crippen molar-refractivity contribution in [2.75, 3.05) is 13.1 Å². The van der Waals surface area contributed by atoms with Crippen molar-refractivity contribution >= 4 is 11.5 Å². The van der Waals surface area contributed by atoms with E-state index in [1.54, 1.807) is 24.5 Å². The third-order valence-corrected chi connectivity index (χ3v) is 6.28. The summed E-state index contributed by atoms with van der Waals surface area (Å²) in [6, 6.07) is 7.84. The van der Waals surface area contributed by atoms with Gasteiger partial charge in [-0.1, -0.05) is 41.5 Å². The lowest BCUT2D eigenvalue weighted by Crippen LogP contribution is -2.36. The summed E-state index contributed by atoms with van der Waals surface area (Å²) in [5.41, 5.74) is 8.79. The van der Waals surface area contributed by atoms with Gasteiger partial charge in [0, 0.05) is 42.8 Å². The van der Waals surface area contributed by atoms with E-state index in [9.17, 15) is 4.79 Å². The summed E-state index contributed by atoms with van der Waals surface area (Å²) < 4.78 is 0. The first-order chi connectivity index (χ1) is 14.8. The van der Waals surface area contributed by atoms with E-state index in [0.717, 1.165) is 50.9 Å². The lowest BCUT2D eigenvalue weighted by atomic mass is 9.80. The zero-order valence-corrected chi connectivity index (χ0v) is 17.1. The maximum absolute atomic E-state index is 12.8. The molecule has 2 aromatic heterocycles. The van der Waals surface area contributed by atoms with Crippen LogP contribution in [0.4, 0.5) is 0 Å². The Labute approximate surface area is 177 Å². The number of fused-ring (bicyclic) bond motifs is 2. The van der Waals surface area contributed by atoms with Crippen molar-refractivity contribution in [1.82, 2.24) is 14.9 Å². The molecule has 0 atom stereocenters. The molecule has 2 aromatic rings. The first-order valence-corrected chi connectivity index (χ1v) is 10.7. The molecular weight excluding hydrogens is 370 g/mol. The fourth-order valence-corrected chi connectivity index (χ4v) is 4.71. The van der Waals surface area contributed by atoms with Gasteiger partial charge < -0.3 is 4.90 Å². The highest BCUT2D eigenvalue weighted by atomic mass is 16.2. The molecule has 5 rings (SSSR count). The number of pyridine rings is 2. The first-order valence-electron chi connectivity index (χ1n) is 10.7. The lowest BCUT2D eigenvalue weighted by molar-refractivity contribution is 0.0743. The van der Waals surface area contributed by atoms with Gasteiger partial charge in [-0.2, -0.15) is 0 Å². The van der Waals surface area contributed by atoms with E-state index in [0.29, 0.717) is 5.56 Å². The molecule has 2 aliphatic carbocycles. The van der Waals surface area contributed by atoms with Gasteiger partial charge in [-0.3, -0.25) is 14.8 Å².